The summed E-state index contributed by atoms with van der Waals surface area (Å²) in [6, 6.07) is 85.3. The molecule has 0 saturated heterocycles. The molecule has 0 bridgehead atoms. The predicted octanol–water partition coefficient (Wildman–Crippen LogP) is 21.0. The van der Waals surface area contributed by atoms with Crippen LogP contribution in [0.4, 0.5) is 13.2 Å². The van der Waals surface area contributed by atoms with E-state index in [-0.39, 0.29) is 11.4 Å². The molecule has 0 aliphatic carbocycles. The second-order valence-corrected chi connectivity index (χ2v) is 23.0. The molecule has 0 aliphatic rings. The van der Waals surface area contributed by atoms with Gasteiger partial charge < -0.3 is 18.3 Å². The van der Waals surface area contributed by atoms with Crippen LogP contribution in [0, 0.1) is 61.7 Å². The fourth-order valence-electron chi connectivity index (χ4n) is 14.2. The van der Waals surface area contributed by atoms with Crippen molar-refractivity contribution < 1.29 is 13.2 Å². The van der Waals surface area contributed by atoms with Crippen molar-refractivity contribution in [1.29, 1.82) is 15.8 Å². The van der Waals surface area contributed by atoms with Crippen molar-refractivity contribution in [1.82, 2.24) is 18.3 Å². The molecule has 0 unspecified atom stereocenters. The van der Waals surface area contributed by atoms with Crippen LogP contribution in [0.3, 0.4) is 0 Å². The Bertz CT molecular complexity index is 5830. The summed E-state index contributed by atoms with van der Waals surface area (Å²) in [6.45, 7) is 8.25. The van der Waals surface area contributed by atoms with E-state index in [4.69, 9.17) is 0 Å². The first kappa shape index (κ1) is 54.7. The zero-order valence-electron chi connectivity index (χ0n) is 49.4. The lowest BCUT2D eigenvalue weighted by atomic mass is 9.96. The van der Waals surface area contributed by atoms with Crippen LogP contribution in [0.5, 0.6) is 0 Å². The summed E-state index contributed by atoms with van der Waals surface area (Å²) < 4.78 is 56.0. The summed E-state index contributed by atoms with van der Waals surface area (Å²) in [6.07, 6.45) is -4.75. The fraction of sp³-hybridized carbons (Fsp3) is 0.0625. The van der Waals surface area contributed by atoms with Crippen LogP contribution >= 0.6 is 0 Å². The number of rotatable bonds is 6. The summed E-state index contributed by atoms with van der Waals surface area (Å²) in [5, 5.41) is 38.9. The minimum absolute atomic E-state index is 0.0236. The van der Waals surface area contributed by atoms with Crippen LogP contribution in [0.1, 0.15) is 44.5 Å². The van der Waals surface area contributed by atoms with Crippen molar-refractivity contribution in [3.63, 3.8) is 0 Å². The monoisotopic (exact) mass is 1170 g/mol. The molecule has 428 valence electrons. The third kappa shape index (κ3) is 8.40. The van der Waals surface area contributed by atoms with Gasteiger partial charge >= 0.3 is 6.18 Å². The molecule has 16 aromatic rings. The lowest BCUT2D eigenvalue weighted by Crippen LogP contribution is -2.16. The molecule has 0 fully saturated rings. The van der Waals surface area contributed by atoms with Crippen molar-refractivity contribution in [2.75, 3.05) is 0 Å². The van der Waals surface area contributed by atoms with Gasteiger partial charge in [0.2, 0.25) is 0 Å². The van der Waals surface area contributed by atoms with Gasteiger partial charge in [0.15, 0.2) is 0 Å². The van der Waals surface area contributed by atoms with Crippen LogP contribution in [-0.4, -0.2) is 18.3 Å². The lowest BCUT2D eigenvalue weighted by molar-refractivity contribution is -0.137. The van der Waals surface area contributed by atoms with Gasteiger partial charge in [-0.25, -0.2) is 0 Å². The molecule has 0 saturated carbocycles. The van der Waals surface area contributed by atoms with Gasteiger partial charge in [-0.05, 0) is 146 Å². The minimum Gasteiger partial charge on any atom is -0.309 e. The summed E-state index contributed by atoms with van der Waals surface area (Å²) in [5.41, 5.74) is 16.4. The number of aryl methyl sites for hydroxylation is 4. The first-order chi connectivity index (χ1) is 43.9. The highest BCUT2D eigenvalue weighted by molar-refractivity contribution is 6.15. The number of nitriles is 3. The average Bonchev–Trinajstić information content (AvgIpc) is 1.53. The average molecular weight is 1170 g/mol. The molecule has 0 N–H and O–H groups in total. The zero-order chi connectivity index (χ0) is 61.7. The van der Waals surface area contributed by atoms with E-state index in [2.05, 4.69) is 138 Å². The smallest absolute Gasteiger partial charge is 0.309 e. The van der Waals surface area contributed by atoms with E-state index in [9.17, 15) is 15.8 Å². The number of alkyl halides is 3. The lowest BCUT2D eigenvalue weighted by Gasteiger charge is -2.24. The molecule has 10 heteroatoms. The number of fused-ring (bicyclic) bond motifs is 12. The molecule has 7 nitrogen and oxygen atoms in total. The number of nitrogens with zero attached hydrogens (tertiary/aromatic N) is 7. The second kappa shape index (κ2) is 21.2. The van der Waals surface area contributed by atoms with Crippen molar-refractivity contribution in [2.24, 2.45) is 0 Å². The van der Waals surface area contributed by atoms with Crippen LogP contribution < -0.4 is 0 Å². The molecule has 0 radical (unpaired) electrons. The standard InChI is InChI=1S/C40H26F3N3.C40H26N4/c1-24-10-7-18-33-36(24)29-14-3-5-16-31(29)45(33)35-21-20-28(27-13-9-12-26(22-27)23-44)39(38(35)40(41,42)43)46-32-17-6-4-15-30(32)37-25(2)11-8-19-34(37)46;1-25-10-7-18-36-38(25)30-14-3-5-16-33(30)43(36)35-21-20-29(28-13-9-12-27(22-28)23-41)40(32(35)24-42)44-34-17-6-4-15-31(34)39-26(2)11-8-19-37(39)44/h3-22H,1-2H3;3-22H,1-2H3. The number of halogens is 3. The quantitative estimate of drug-likeness (QED) is 0.166. The van der Waals surface area contributed by atoms with E-state index in [1.165, 1.54) is 21.9 Å². The first-order valence-electron chi connectivity index (χ1n) is 29.7. The van der Waals surface area contributed by atoms with Gasteiger partial charge in [-0.2, -0.15) is 29.0 Å². The molecule has 4 aromatic heterocycles. The molecule has 90 heavy (non-hydrogen) atoms. The van der Waals surface area contributed by atoms with Gasteiger partial charge in [0.1, 0.15) is 17.2 Å². The third-order valence-electron chi connectivity index (χ3n) is 17.9. The van der Waals surface area contributed by atoms with Crippen molar-refractivity contribution in [2.45, 2.75) is 33.9 Å². The summed E-state index contributed by atoms with van der Waals surface area (Å²) in [7, 11) is 0. The van der Waals surface area contributed by atoms with Crippen molar-refractivity contribution >= 4 is 87.2 Å². The van der Waals surface area contributed by atoms with E-state index < -0.39 is 11.7 Å². The van der Waals surface area contributed by atoms with Gasteiger partial charge in [-0.3, -0.25) is 0 Å². The number of aromatic nitrogens is 4. The Morgan fingerprint density at radius 2 is 0.633 bits per heavy atom. The van der Waals surface area contributed by atoms with Crippen LogP contribution in [-0.2, 0) is 6.18 Å². The van der Waals surface area contributed by atoms with E-state index in [1.807, 2.05) is 123 Å². The fourth-order valence-corrected chi connectivity index (χ4v) is 14.2. The summed E-state index contributed by atoms with van der Waals surface area (Å²) in [5.74, 6) is 0. The Hall–Kier alpha value is -11.9. The minimum atomic E-state index is -4.75. The maximum absolute atomic E-state index is 16.0. The first-order valence-corrected chi connectivity index (χ1v) is 29.7. The highest BCUT2D eigenvalue weighted by Crippen LogP contribution is 2.49. The van der Waals surface area contributed by atoms with Crippen LogP contribution in [0.15, 0.2) is 243 Å². The van der Waals surface area contributed by atoms with Gasteiger partial charge in [-0.1, -0.05) is 158 Å². The molecule has 0 spiro atoms. The molecular weight excluding hydrogens is 1120 g/mol. The molecular formula is C80H52F3N7. The highest BCUT2D eigenvalue weighted by Gasteiger charge is 2.41. The zero-order valence-corrected chi connectivity index (χ0v) is 49.4. The normalized spacial score (nSPS) is 11.7. The Labute approximate surface area is 516 Å². The van der Waals surface area contributed by atoms with E-state index in [1.54, 1.807) is 45.5 Å². The molecule has 0 atom stereocenters. The van der Waals surface area contributed by atoms with Crippen molar-refractivity contribution in [3.05, 3.63) is 287 Å². The van der Waals surface area contributed by atoms with E-state index in [0.29, 0.717) is 49.9 Å². The Morgan fingerprint density at radius 3 is 1.02 bits per heavy atom. The predicted molar refractivity (Wildman–Crippen MR) is 359 cm³/mol. The van der Waals surface area contributed by atoms with Gasteiger partial charge in [0.05, 0.1) is 90.1 Å². The largest absolute Gasteiger partial charge is 0.420 e. The van der Waals surface area contributed by atoms with Crippen molar-refractivity contribution in [3.8, 4) is 63.2 Å². The molecule has 0 aliphatic heterocycles. The van der Waals surface area contributed by atoms with Gasteiger partial charge in [0, 0.05) is 54.2 Å². The third-order valence-corrected chi connectivity index (χ3v) is 17.9. The van der Waals surface area contributed by atoms with E-state index >= 15 is 13.2 Å². The maximum atomic E-state index is 16.0. The van der Waals surface area contributed by atoms with Gasteiger partial charge in [0.25, 0.3) is 0 Å². The maximum Gasteiger partial charge on any atom is 0.420 e. The number of hydrogen-bond donors (Lipinski definition) is 0. The highest BCUT2D eigenvalue weighted by atomic mass is 19.4. The molecule has 16 rings (SSSR count). The Balaban J connectivity index is 0.000000150. The van der Waals surface area contributed by atoms with Gasteiger partial charge in [-0.15, -0.1) is 0 Å². The number of para-hydroxylation sites is 4. The topological polar surface area (TPSA) is 91.1 Å². The summed E-state index contributed by atoms with van der Waals surface area (Å²) >= 11 is 0. The number of hydrogen-bond acceptors (Lipinski definition) is 3. The SMILES string of the molecule is Cc1cccc2c1c1ccccc1n2-c1ccc(-c2cccc(C#N)c2)c(-n2c3ccccc3c3c(C)cccc32)c1C#N.Cc1cccc2c1c1ccccc1n2-c1ccc(-c2cccc(C#N)c2)c(-n2c3ccccc3c3c(C)cccc32)c1C(F)(F)F. The molecule has 12 aromatic carbocycles. The second-order valence-electron chi connectivity index (χ2n) is 23.0. The Morgan fingerprint density at radius 1 is 0.311 bits per heavy atom. The summed E-state index contributed by atoms with van der Waals surface area (Å²) in [4.78, 5) is 0. The number of benzene rings is 12. The van der Waals surface area contributed by atoms with Crippen LogP contribution in [0.25, 0.3) is 132 Å². The van der Waals surface area contributed by atoms with E-state index in [0.717, 1.165) is 88.0 Å². The van der Waals surface area contributed by atoms with Crippen LogP contribution in [0.2, 0.25) is 0 Å². The molecule has 4 heterocycles. The molecule has 0 amide bonds. The Kier molecular flexibility index (Phi) is 12.9.